The molecule has 0 aliphatic carbocycles. The van der Waals surface area contributed by atoms with Crippen molar-refractivity contribution >= 4 is 17.7 Å². The third-order valence-corrected chi connectivity index (χ3v) is 1.67. The standard InChI is InChI=1S/C9H9FN2O3/c10-6-1-2-7(12-9(11)15)5(3-6)4-8(13)14/h1-3H,4H2,(H,13,14)(H3,11,12,15). The van der Waals surface area contributed by atoms with Crippen LogP contribution in [0.15, 0.2) is 18.2 Å². The molecule has 1 rings (SSSR count). The first kappa shape index (κ1) is 11.0. The van der Waals surface area contributed by atoms with Gasteiger partial charge in [0.2, 0.25) is 0 Å². The van der Waals surface area contributed by atoms with Crippen molar-refractivity contribution < 1.29 is 19.1 Å². The van der Waals surface area contributed by atoms with Crippen LogP contribution in [0, 0.1) is 5.82 Å². The van der Waals surface area contributed by atoms with Gasteiger partial charge in [0.15, 0.2) is 0 Å². The van der Waals surface area contributed by atoms with Crippen LogP contribution >= 0.6 is 0 Å². The lowest BCUT2D eigenvalue weighted by atomic mass is 10.1. The molecule has 2 amide bonds. The van der Waals surface area contributed by atoms with Gasteiger partial charge in [0, 0.05) is 5.69 Å². The number of hydrogen-bond acceptors (Lipinski definition) is 2. The van der Waals surface area contributed by atoms with E-state index in [1.807, 2.05) is 0 Å². The van der Waals surface area contributed by atoms with Gasteiger partial charge in [-0.05, 0) is 23.8 Å². The van der Waals surface area contributed by atoms with E-state index in [2.05, 4.69) is 5.32 Å². The molecule has 15 heavy (non-hydrogen) atoms. The van der Waals surface area contributed by atoms with E-state index in [4.69, 9.17) is 10.8 Å². The number of aliphatic carboxylic acids is 1. The van der Waals surface area contributed by atoms with Crippen LogP contribution < -0.4 is 11.1 Å². The van der Waals surface area contributed by atoms with Crippen LogP contribution in [0.1, 0.15) is 5.56 Å². The van der Waals surface area contributed by atoms with Crippen LogP contribution in [0.2, 0.25) is 0 Å². The highest BCUT2D eigenvalue weighted by atomic mass is 19.1. The summed E-state index contributed by atoms with van der Waals surface area (Å²) in [4.78, 5) is 21.0. The molecule has 0 aliphatic rings. The van der Waals surface area contributed by atoms with Gasteiger partial charge < -0.3 is 16.2 Å². The van der Waals surface area contributed by atoms with Crippen LogP contribution in [0.4, 0.5) is 14.9 Å². The number of carbonyl (C=O) groups excluding carboxylic acids is 1. The molecule has 0 bridgehead atoms. The van der Waals surface area contributed by atoms with E-state index in [1.54, 1.807) is 0 Å². The Morgan fingerprint density at radius 3 is 2.67 bits per heavy atom. The van der Waals surface area contributed by atoms with Crippen LogP contribution in [-0.4, -0.2) is 17.1 Å². The van der Waals surface area contributed by atoms with E-state index in [1.165, 1.54) is 6.07 Å². The van der Waals surface area contributed by atoms with Gasteiger partial charge in [-0.2, -0.15) is 0 Å². The molecule has 0 unspecified atom stereocenters. The SMILES string of the molecule is NC(=O)Nc1ccc(F)cc1CC(=O)O. The van der Waals surface area contributed by atoms with Gasteiger partial charge in [0.25, 0.3) is 0 Å². The van der Waals surface area contributed by atoms with Gasteiger partial charge >= 0.3 is 12.0 Å². The minimum absolute atomic E-state index is 0.168. The van der Waals surface area contributed by atoms with Crippen molar-refractivity contribution in [2.75, 3.05) is 5.32 Å². The zero-order chi connectivity index (χ0) is 11.4. The second-order valence-electron chi connectivity index (χ2n) is 2.86. The summed E-state index contributed by atoms with van der Waals surface area (Å²) in [5.74, 6) is -1.69. The van der Waals surface area contributed by atoms with Crippen LogP contribution in [0.3, 0.4) is 0 Å². The summed E-state index contributed by atoms with van der Waals surface area (Å²) in [6.07, 6.45) is -0.382. The molecular formula is C9H9FN2O3. The van der Waals surface area contributed by atoms with Gasteiger partial charge in [-0.1, -0.05) is 0 Å². The maximum absolute atomic E-state index is 12.8. The molecule has 0 spiro atoms. The summed E-state index contributed by atoms with van der Waals surface area (Å²) < 4.78 is 12.8. The van der Waals surface area contributed by atoms with E-state index in [0.717, 1.165) is 12.1 Å². The highest BCUT2D eigenvalue weighted by molar-refractivity contribution is 5.89. The lowest BCUT2D eigenvalue weighted by Crippen LogP contribution is -2.20. The van der Waals surface area contributed by atoms with Gasteiger partial charge in [0.05, 0.1) is 6.42 Å². The number of anilines is 1. The normalized spacial score (nSPS) is 9.67. The fourth-order valence-corrected chi connectivity index (χ4v) is 1.13. The Balaban J connectivity index is 3.02. The van der Waals surface area contributed by atoms with Gasteiger partial charge in [-0.15, -0.1) is 0 Å². The third-order valence-electron chi connectivity index (χ3n) is 1.67. The number of urea groups is 1. The van der Waals surface area contributed by atoms with E-state index in [-0.39, 0.29) is 17.7 Å². The Morgan fingerprint density at radius 2 is 2.13 bits per heavy atom. The Labute approximate surface area is 84.7 Å². The number of carboxylic acids is 1. The van der Waals surface area contributed by atoms with Crippen molar-refractivity contribution in [2.24, 2.45) is 5.73 Å². The van der Waals surface area contributed by atoms with Gasteiger partial charge in [-0.25, -0.2) is 9.18 Å². The molecule has 0 aliphatic heterocycles. The van der Waals surface area contributed by atoms with Crippen molar-refractivity contribution in [2.45, 2.75) is 6.42 Å². The average Bonchev–Trinajstić information content (AvgIpc) is 2.08. The van der Waals surface area contributed by atoms with Crippen molar-refractivity contribution in [3.05, 3.63) is 29.6 Å². The molecule has 0 saturated heterocycles. The lowest BCUT2D eigenvalue weighted by Gasteiger charge is -2.07. The van der Waals surface area contributed by atoms with E-state index in [9.17, 15) is 14.0 Å². The number of halogens is 1. The quantitative estimate of drug-likeness (QED) is 0.696. The zero-order valence-electron chi connectivity index (χ0n) is 7.66. The molecule has 0 fully saturated rings. The highest BCUT2D eigenvalue weighted by Gasteiger charge is 2.09. The monoisotopic (exact) mass is 212 g/mol. The first-order valence-corrected chi connectivity index (χ1v) is 4.05. The summed E-state index contributed by atoms with van der Waals surface area (Å²) in [5.41, 5.74) is 5.24. The first-order chi connectivity index (χ1) is 6.99. The molecule has 0 saturated carbocycles. The summed E-state index contributed by atoms with van der Waals surface area (Å²) in [6, 6.07) is 2.59. The van der Waals surface area contributed by atoms with Crippen LogP contribution in [0.5, 0.6) is 0 Å². The predicted octanol–water partition coefficient (Wildman–Crippen LogP) is 0.943. The van der Waals surface area contributed by atoms with Crippen LogP contribution in [-0.2, 0) is 11.2 Å². The molecule has 5 nitrogen and oxygen atoms in total. The maximum Gasteiger partial charge on any atom is 0.316 e. The fraction of sp³-hybridized carbons (Fsp3) is 0.111. The molecule has 1 aromatic carbocycles. The van der Waals surface area contributed by atoms with Gasteiger partial charge in [-0.3, -0.25) is 4.79 Å². The van der Waals surface area contributed by atoms with Crippen LogP contribution in [0.25, 0.3) is 0 Å². The largest absolute Gasteiger partial charge is 0.481 e. The van der Waals surface area contributed by atoms with E-state index < -0.39 is 17.8 Å². The Bertz CT molecular complexity index is 406. The van der Waals surface area contributed by atoms with Crippen molar-refractivity contribution in [3.8, 4) is 0 Å². The highest BCUT2D eigenvalue weighted by Crippen LogP contribution is 2.17. The zero-order valence-corrected chi connectivity index (χ0v) is 7.66. The summed E-state index contributed by atoms with van der Waals surface area (Å²) >= 11 is 0. The number of benzene rings is 1. The lowest BCUT2D eigenvalue weighted by molar-refractivity contribution is -0.136. The Morgan fingerprint density at radius 1 is 1.47 bits per heavy atom. The number of nitrogens with two attached hydrogens (primary N) is 1. The minimum Gasteiger partial charge on any atom is -0.481 e. The summed E-state index contributed by atoms with van der Waals surface area (Å²) in [7, 11) is 0. The molecule has 0 heterocycles. The Kier molecular flexibility index (Phi) is 3.22. The molecular weight excluding hydrogens is 203 g/mol. The number of hydrogen-bond donors (Lipinski definition) is 3. The molecule has 4 N–H and O–H groups in total. The van der Waals surface area contributed by atoms with Crippen molar-refractivity contribution in [3.63, 3.8) is 0 Å². The number of rotatable bonds is 3. The predicted molar refractivity (Wildman–Crippen MR) is 50.9 cm³/mol. The second-order valence-corrected chi connectivity index (χ2v) is 2.86. The van der Waals surface area contributed by atoms with Gasteiger partial charge in [0.1, 0.15) is 5.82 Å². The molecule has 0 radical (unpaired) electrons. The second kappa shape index (κ2) is 4.41. The smallest absolute Gasteiger partial charge is 0.316 e. The molecule has 0 aromatic heterocycles. The topological polar surface area (TPSA) is 92.4 Å². The molecule has 6 heteroatoms. The van der Waals surface area contributed by atoms with Crippen molar-refractivity contribution in [1.29, 1.82) is 0 Å². The van der Waals surface area contributed by atoms with E-state index in [0.29, 0.717) is 0 Å². The molecule has 0 atom stereocenters. The van der Waals surface area contributed by atoms with E-state index >= 15 is 0 Å². The van der Waals surface area contributed by atoms with Crippen molar-refractivity contribution in [1.82, 2.24) is 0 Å². The third kappa shape index (κ3) is 3.26. The molecule has 80 valence electrons. The average molecular weight is 212 g/mol. The number of primary amides is 1. The number of nitrogens with one attached hydrogen (secondary N) is 1. The maximum atomic E-state index is 12.8. The number of carboxylic acid groups (broad SMARTS) is 1. The number of amides is 2. The first-order valence-electron chi connectivity index (χ1n) is 4.05. The Hall–Kier alpha value is -2.11. The fourth-order valence-electron chi connectivity index (χ4n) is 1.13. The summed E-state index contributed by atoms with van der Waals surface area (Å²) in [5, 5.41) is 10.8. The minimum atomic E-state index is -1.12. The summed E-state index contributed by atoms with van der Waals surface area (Å²) in [6.45, 7) is 0. The molecule has 1 aromatic rings. The number of carbonyl (C=O) groups is 2.